The summed E-state index contributed by atoms with van der Waals surface area (Å²) in [4.78, 5) is 3.70. The van der Waals surface area contributed by atoms with Gasteiger partial charge in [-0.25, -0.2) is 9.67 Å². The lowest BCUT2D eigenvalue weighted by Gasteiger charge is -2.15. The lowest BCUT2D eigenvalue weighted by molar-refractivity contribution is -0.140. The molecular formula is C13H17ClF3N3OSi. The third-order valence-corrected chi connectivity index (χ3v) is 5.09. The van der Waals surface area contributed by atoms with Gasteiger partial charge in [-0.3, -0.25) is 0 Å². The van der Waals surface area contributed by atoms with Crippen LogP contribution in [-0.2, 0) is 17.6 Å². The minimum absolute atomic E-state index is 0.0442. The van der Waals surface area contributed by atoms with E-state index in [2.05, 4.69) is 29.7 Å². The van der Waals surface area contributed by atoms with Gasteiger partial charge in [-0.1, -0.05) is 31.2 Å². The first-order valence-corrected chi connectivity index (χ1v) is 10.8. The molecule has 0 unspecified atom stereocenters. The van der Waals surface area contributed by atoms with E-state index in [0.29, 0.717) is 6.61 Å². The van der Waals surface area contributed by atoms with Crippen molar-refractivity contribution in [2.75, 3.05) is 6.61 Å². The Morgan fingerprint density at radius 3 is 2.59 bits per heavy atom. The Balaban J connectivity index is 2.26. The number of hydrogen-bond donors (Lipinski definition) is 0. The minimum atomic E-state index is -4.59. The van der Waals surface area contributed by atoms with Crippen molar-refractivity contribution >= 4 is 30.6 Å². The third kappa shape index (κ3) is 3.99. The quantitative estimate of drug-likeness (QED) is 0.455. The van der Waals surface area contributed by atoms with Crippen LogP contribution in [0.2, 0.25) is 30.8 Å². The summed E-state index contributed by atoms with van der Waals surface area (Å²) >= 11 is 5.80. The molecule has 2 rings (SSSR count). The van der Waals surface area contributed by atoms with Gasteiger partial charge in [-0.15, -0.1) is 0 Å². The van der Waals surface area contributed by atoms with Gasteiger partial charge in [0.2, 0.25) is 0 Å². The molecule has 2 aromatic rings. The van der Waals surface area contributed by atoms with Crippen LogP contribution in [0.4, 0.5) is 13.2 Å². The molecule has 0 radical (unpaired) electrons. The molecule has 122 valence electrons. The Labute approximate surface area is 132 Å². The van der Waals surface area contributed by atoms with E-state index in [4.69, 9.17) is 16.3 Å². The van der Waals surface area contributed by atoms with Crippen LogP contribution in [0, 0.1) is 0 Å². The highest BCUT2D eigenvalue weighted by Gasteiger charge is 2.38. The average molecular weight is 352 g/mol. The molecule has 0 saturated carbocycles. The standard InChI is InChI=1S/C13H17ClF3N3OSi/c1-22(2,3)7-6-21-8-20-9-4-5-18-12(14)10(9)11(19-20)13(15,16)17/h4-5H,6-8H2,1-3H3. The number of pyridine rings is 1. The summed E-state index contributed by atoms with van der Waals surface area (Å²) in [5.74, 6) is 0. The zero-order valence-electron chi connectivity index (χ0n) is 12.5. The van der Waals surface area contributed by atoms with Gasteiger partial charge in [0.05, 0.1) is 10.9 Å². The SMILES string of the molecule is C[Si](C)(C)CCOCn1nc(C(F)(F)F)c2c(Cl)nccc21. The second-order valence-corrected chi connectivity index (χ2v) is 12.2. The first-order valence-electron chi connectivity index (χ1n) is 6.75. The summed E-state index contributed by atoms with van der Waals surface area (Å²) in [6, 6.07) is 2.38. The van der Waals surface area contributed by atoms with E-state index in [1.54, 1.807) is 0 Å². The second kappa shape index (κ2) is 6.17. The number of aromatic nitrogens is 3. The van der Waals surface area contributed by atoms with Crippen molar-refractivity contribution in [2.45, 2.75) is 38.6 Å². The van der Waals surface area contributed by atoms with E-state index in [0.717, 1.165) is 6.04 Å². The molecule has 2 aromatic heterocycles. The van der Waals surface area contributed by atoms with E-state index in [1.165, 1.54) is 16.9 Å². The summed E-state index contributed by atoms with van der Waals surface area (Å²) in [5, 5.41) is 3.21. The number of alkyl halides is 3. The van der Waals surface area contributed by atoms with Crippen molar-refractivity contribution in [3.63, 3.8) is 0 Å². The molecule has 0 amide bonds. The second-order valence-electron chi connectivity index (χ2n) is 6.19. The van der Waals surface area contributed by atoms with Gasteiger partial charge in [0.25, 0.3) is 0 Å². The van der Waals surface area contributed by atoms with Crippen LogP contribution in [0.1, 0.15) is 5.69 Å². The van der Waals surface area contributed by atoms with E-state index in [-0.39, 0.29) is 22.8 Å². The van der Waals surface area contributed by atoms with Crippen LogP contribution < -0.4 is 0 Å². The molecule has 0 saturated heterocycles. The number of hydrogen-bond acceptors (Lipinski definition) is 3. The molecule has 0 aliphatic carbocycles. The van der Waals surface area contributed by atoms with E-state index in [9.17, 15) is 13.2 Å². The summed E-state index contributed by atoms with van der Waals surface area (Å²) in [6.07, 6.45) is -3.24. The van der Waals surface area contributed by atoms with E-state index >= 15 is 0 Å². The van der Waals surface area contributed by atoms with Crippen LogP contribution in [0.3, 0.4) is 0 Å². The molecule has 0 atom stereocenters. The summed E-state index contributed by atoms with van der Waals surface area (Å²) in [5.41, 5.74) is -0.769. The Morgan fingerprint density at radius 2 is 2.00 bits per heavy atom. The van der Waals surface area contributed by atoms with Gasteiger partial charge in [0.1, 0.15) is 11.9 Å². The topological polar surface area (TPSA) is 39.9 Å². The number of ether oxygens (including phenoxy) is 1. The van der Waals surface area contributed by atoms with Crippen LogP contribution in [-0.4, -0.2) is 29.4 Å². The lowest BCUT2D eigenvalue weighted by Crippen LogP contribution is -2.22. The van der Waals surface area contributed by atoms with Gasteiger partial charge in [-0.2, -0.15) is 18.3 Å². The predicted molar refractivity (Wildman–Crippen MR) is 81.6 cm³/mol. The average Bonchev–Trinajstić information content (AvgIpc) is 2.74. The van der Waals surface area contributed by atoms with Crippen molar-refractivity contribution < 1.29 is 17.9 Å². The first kappa shape index (κ1) is 17.2. The maximum absolute atomic E-state index is 13.1. The molecule has 2 heterocycles. The van der Waals surface area contributed by atoms with Gasteiger partial charge in [-0.05, 0) is 12.1 Å². The number of halogens is 4. The molecule has 0 aliphatic heterocycles. The van der Waals surface area contributed by atoms with Gasteiger partial charge in [0, 0.05) is 20.9 Å². The normalized spacial score (nSPS) is 13.0. The molecule has 0 fully saturated rings. The summed E-state index contributed by atoms with van der Waals surface area (Å²) in [7, 11) is -1.25. The van der Waals surface area contributed by atoms with Crippen LogP contribution in [0.15, 0.2) is 12.3 Å². The van der Waals surface area contributed by atoms with Crippen molar-refractivity contribution in [1.29, 1.82) is 0 Å². The van der Waals surface area contributed by atoms with Gasteiger partial charge < -0.3 is 4.74 Å². The Morgan fingerprint density at radius 1 is 1.32 bits per heavy atom. The predicted octanol–water partition coefficient (Wildman–Crippen LogP) is 4.42. The van der Waals surface area contributed by atoms with Gasteiger partial charge >= 0.3 is 6.18 Å². The molecule has 4 nitrogen and oxygen atoms in total. The van der Waals surface area contributed by atoms with Crippen molar-refractivity contribution in [1.82, 2.24) is 14.8 Å². The molecule has 0 spiro atoms. The highest BCUT2D eigenvalue weighted by molar-refractivity contribution is 6.76. The molecule has 0 bridgehead atoms. The van der Waals surface area contributed by atoms with Crippen LogP contribution >= 0.6 is 11.6 Å². The largest absolute Gasteiger partial charge is 0.435 e. The molecule has 22 heavy (non-hydrogen) atoms. The van der Waals surface area contributed by atoms with Gasteiger partial charge in [0.15, 0.2) is 5.69 Å². The fraction of sp³-hybridized carbons (Fsp3) is 0.538. The molecular weight excluding hydrogens is 335 g/mol. The highest BCUT2D eigenvalue weighted by atomic mass is 35.5. The van der Waals surface area contributed by atoms with Crippen LogP contribution in [0.5, 0.6) is 0 Å². The van der Waals surface area contributed by atoms with Crippen molar-refractivity contribution in [3.8, 4) is 0 Å². The third-order valence-electron chi connectivity index (χ3n) is 3.10. The molecule has 0 aromatic carbocycles. The Kier molecular flexibility index (Phi) is 4.83. The molecule has 0 aliphatic rings. The van der Waals surface area contributed by atoms with E-state index in [1.807, 2.05) is 0 Å². The molecule has 9 heteroatoms. The minimum Gasteiger partial charge on any atom is -0.360 e. The Bertz CT molecular complexity index is 667. The Hall–Kier alpha value is -1.12. The maximum Gasteiger partial charge on any atom is 0.435 e. The monoisotopic (exact) mass is 351 g/mol. The maximum atomic E-state index is 13.1. The van der Waals surface area contributed by atoms with Crippen LogP contribution in [0.25, 0.3) is 10.9 Å². The number of fused-ring (bicyclic) bond motifs is 1. The van der Waals surface area contributed by atoms with Crippen molar-refractivity contribution in [3.05, 3.63) is 23.1 Å². The smallest absolute Gasteiger partial charge is 0.360 e. The highest BCUT2D eigenvalue weighted by Crippen LogP contribution is 2.36. The fourth-order valence-electron chi connectivity index (χ4n) is 1.91. The zero-order chi connectivity index (χ0) is 16.5. The summed E-state index contributed by atoms with van der Waals surface area (Å²) < 4.78 is 45.8. The number of rotatable bonds is 5. The summed E-state index contributed by atoms with van der Waals surface area (Å²) in [6.45, 7) is 7.06. The zero-order valence-corrected chi connectivity index (χ0v) is 14.3. The number of nitrogens with zero attached hydrogens (tertiary/aromatic N) is 3. The first-order chi connectivity index (χ1) is 10.1. The van der Waals surface area contributed by atoms with Crippen molar-refractivity contribution in [2.24, 2.45) is 0 Å². The van der Waals surface area contributed by atoms with E-state index < -0.39 is 19.9 Å². The fourth-order valence-corrected chi connectivity index (χ4v) is 2.91. The lowest BCUT2D eigenvalue weighted by atomic mass is 10.2. The molecule has 0 N–H and O–H groups in total.